The summed E-state index contributed by atoms with van der Waals surface area (Å²) in [5.41, 5.74) is 13.5. The predicted molar refractivity (Wildman–Crippen MR) is 149 cm³/mol. The fraction of sp³-hybridized carbons (Fsp3) is 0.200. The lowest BCUT2D eigenvalue weighted by atomic mass is 10.0. The Hall–Kier alpha value is -4.20. The van der Waals surface area contributed by atoms with E-state index in [2.05, 4.69) is 40.1 Å². The highest BCUT2D eigenvalue weighted by Crippen LogP contribution is 2.38. The Balaban J connectivity index is 1.59. The summed E-state index contributed by atoms with van der Waals surface area (Å²) in [7, 11) is 0. The van der Waals surface area contributed by atoms with Crippen molar-refractivity contribution in [3.63, 3.8) is 0 Å². The number of aliphatic hydroxyl groups excluding tert-OH is 1. The minimum atomic E-state index is 0.183. The van der Waals surface area contributed by atoms with Gasteiger partial charge in [-0.1, -0.05) is 72.8 Å². The molecule has 3 aromatic carbocycles. The highest BCUT2D eigenvalue weighted by molar-refractivity contribution is 5.92. The number of benzene rings is 3. The quantitative estimate of drug-likeness (QED) is 0.343. The van der Waals surface area contributed by atoms with E-state index in [1.807, 2.05) is 65.2 Å². The number of hydrogen-bond acceptors (Lipinski definition) is 6. The second-order valence-corrected chi connectivity index (χ2v) is 9.36. The van der Waals surface area contributed by atoms with Crippen LogP contribution in [0.3, 0.4) is 0 Å². The lowest BCUT2D eigenvalue weighted by Gasteiger charge is -2.35. The molecular weight excluding hydrogens is 460 g/mol. The number of piperazine rings is 1. The maximum absolute atomic E-state index is 9.39. The van der Waals surface area contributed by atoms with Crippen molar-refractivity contribution in [3.8, 4) is 33.6 Å². The first-order valence-corrected chi connectivity index (χ1v) is 12.7. The summed E-state index contributed by atoms with van der Waals surface area (Å²) in [5.74, 6) is 1.02. The Kier molecular flexibility index (Phi) is 6.30. The van der Waals surface area contributed by atoms with Gasteiger partial charge in [0.2, 0.25) is 0 Å². The Morgan fingerprint density at radius 3 is 2.05 bits per heavy atom. The van der Waals surface area contributed by atoms with E-state index < -0.39 is 0 Å². The Bertz CT molecular complexity index is 1490. The van der Waals surface area contributed by atoms with Gasteiger partial charge in [0.05, 0.1) is 17.9 Å². The number of nitrogens with zero attached hydrogens (tertiary/aromatic N) is 5. The number of anilines is 2. The first-order chi connectivity index (χ1) is 18.2. The molecule has 3 heterocycles. The molecule has 1 saturated heterocycles. The minimum absolute atomic E-state index is 0.183. The lowest BCUT2D eigenvalue weighted by Crippen LogP contribution is -2.47. The number of aliphatic hydroxyl groups is 1. The number of hydrogen-bond donors (Lipinski definition) is 2. The van der Waals surface area contributed by atoms with Gasteiger partial charge >= 0.3 is 0 Å². The third kappa shape index (κ3) is 4.55. The molecular formula is C30H30N6O. The third-order valence-electron chi connectivity index (χ3n) is 7.00. The first-order valence-electron chi connectivity index (χ1n) is 12.7. The van der Waals surface area contributed by atoms with Crippen molar-refractivity contribution in [1.29, 1.82) is 0 Å². The molecule has 1 fully saturated rings. The van der Waals surface area contributed by atoms with Gasteiger partial charge in [0, 0.05) is 55.6 Å². The van der Waals surface area contributed by atoms with E-state index >= 15 is 0 Å². The predicted octanol–water partition coefficient (Wildman–Crippen LogP) is 4.43. The molecule has 5 aromatic rings. The summed E-state index contributed by atoms with van der Waals surface area (Å²) >= 11 is 0. The van der Waals surface area contributed by atoms with Gasteiger partial charge in [-0.2, -0.15) is 9.61 Å². The molecule has 0 radical (unpaired) electrons. The van der Waals surface area contributed by atoms with Crippen LogP contribution in [0.5, 0.6) is 0 Å². The largest absolute Gasteiger partial charge is 0.399 e. The third-order valence-corrected chi connectivity index (χ3v) is 7.00. The van der Waals surface area contributed by atoms with E-state index in [9.17, 15) is 5.11 Å². The van der Waals surface area contributed by atoms with Gasteiger partial charge in [0.15, 0.2) is 5.65 Å². The number of fused-ring (bicyclic) bond motifs is 1. The summed E-state index contributed by atoms with van der Waals surface area (Å²) in [5, 5.41) is 14.6. The second-order valence-electron chi connectivity index (χ2n) is 9.36. The van der Waals surface area contributed by atoms with Gasteiger partial charge < -0.3 is 15.7 Å². The fourth-order valence-corrected chi connectivity index (χ4v) is 5.04. The normalized spacial score (nSPS) is 14.4. The molecule has 0 unspecified atom stereocenters. The summed E-state index contributed by atoms with van der Waals surface area (Å²) in [6.45, 7) is 4.37. The maximum Gasteiger partial charge on any atom is 0.166 e. The van der Waals surface area contributed by atoms with Crippen LogP contribution in [0.1, 0.15) is 0 Å². The zero-order valence-electron chi connectivity index (χ0n) is 20.7. The molecule has 2 aromatic heterocycles. The highest BCUT2D eigenvalue weighted by Gasteiger charge is 2.25. The average Bonchev–Trinajstić information content (AvgIpc) is 3.34. The maximum atomic E-state index is 9.39. The topological polar surface area (TPSA) is 82.9 Å². The van der Waals surface area contributed by atoms with Crippen LogP contribution in [0.25, 0.3) is 39.3 Å². The molecule has 6 rings (SSSR count). The number of nitrogen functional groups attached to an aromatic ring is 1. The molecule has 7 nitrogen and oxygen atoms in total. The van der Waals surface area contributed by atoms with E-state index in [-0.39, 0.29) is 6.61 Å². The molecule has 37 heavy (non-hydrogen) atoms. The van der Waals surface area contributed by atoms with E-state index in [0.29, 0.717) is 6.54 Å². The summed E-state index contributed by atoms with van der Waals surface area (Å²) in [6.07, 6.45) is 0. The highest BCUT2D eigenvalue weighted by atomic mass is 16.3. The Morgan fingerprint density at radius 1 is 0.757 bits per heavy atom. The van der Waals surface area contributed by atoms with Crippen molar-refractivity contribution in [2.45, 2.75) is 0 Å². The van der Waals surface area contributed by atoms with E-state index in [1.165, 1.54) is 0 Å². The average molecular weight is 491 g/mol. The molecule has 0 atom stereocenters. The van der Waals surface area contributed by atoms with E-state index in [0.717, 1.165) is 77.0 Å². The first kappa shape index (κ1) is 23.2. The SMILES string of the molecule is Nc1ccc(-c2c(-c3ccccc3)nn3c(N4CCN(CCO)CC4)cc(-c4ccccc4)nc23)cc1. The standard InChI is InChI=1S/C30H30N6O/c31-25-13-11-23(12-14-25)28-29(24-9-5-2-6-10-24)33-36-27(35-17-15-34(16-18-35)19-20-37)21-26(32-30(28)36)22-7-3-1-4-8-22/h1-14,21,37H,15-20,31H2. The molecule has 0 spiro atoms. The Morgan fingerprint density at radius 2 is 1.41 bits per heavy atom. The minimum Gasteiger partial charge on any atom is -0.399 e. The number of rotatable bonds is 6. The van der Waals surface area contributed by atoms with Gasteiger partial charge in [0.1, 0.15) is 11.5 Å². The molecule has 1 aliphatic heterocycles. The summed E-state index contributed by atoms with van der Waals surface area (Å²) in [6, 6.07) is 30.7. The lowest BCUT2D eigenvalue weighted by molar-refractivity contribution is 0.188. The number of β-amino-alcohol motifs (C(OH)–C–C–N with tert-alkyl or cyclic N) is 1. The molecule has 186 valence electrons. The van der Waals surface area contributed by atoms with Crippen molar-refractivity contribution in [2.24, 2.45) is 0 Å². The van der Waals surface area contributed by atoms with Gasteiger partial charge in [-0.05, 0) is 17.7 Å². The van der Waals surface area contributed by atoms with Crippen molar-refractivity contribution < 1.29 is 5.11 Å². The fourth-order valence-electron chi connectivity index (χ4n) is 5.04. The van der Waals surface area contributed by atoms with E-state index in [1.54, 1.807) is 0 Å². The van der Waals surface area contributed by atoms with Crippen LogP contribution in [0, 0.1) is 0 Å². The van der Waals surface area contributed by atoms with E-state index in [4.69, 9.17) is 15.8 Å². The van der Waals surface area contributed by atoms with Gasteiger partial charge in [-0.15, -0.1) is 0 Å². The molecule has 0 saturated carbocycles. The van der Waals surface area contributed by atoms with Crippen molar-refractivity contribution in [1.82, 2.24) is 19.5 Å². The van der Waals surface area contributed by atoms with Crippen LogP contribution < -0.4 is 10.6 Å². The monoisotopic (exact) mass is 490 g/mol. The zero-order valence-corrected chi connectivity index (χ0v) is 20.7. The number of nitrogens with two attached hydrogens (primary N) is 1. The van der Waals surface area contributed by atoms with Crippen LogP contribution >= 0.6 is 0 Å². The van der Waals surface area contributed by atoms with Crippen molar-refractivity contribution >= 4 is 17.2 Å². The number of aromatic nitrogens is 3. The smallest absolute Gasteiger partial charge is 0.166 e. The molecule has 0 bridgehead atoms. The van der Waals surface area contributed by atoms with Gasteiger partial charge in [-0.25, -0.2) is 4.98 Å². The molecule has 3 N–H and O–H groups in total. The molecule has 0 aliphatic carbocycles. The molecule has 0 amide bonds. The second kappa shape index (κ2) is 10.0. The summed E-state index contributed by atoms with van der Waals surface area (Å²) < 4.78 is 2.00. The van der Waals surface area contributed by atoms with Crippen LogP contribution in [0.2, 0.25) is 0 Å². The van der Waals surface area contributed by atoms with Crippen LogP contribution in [-0.4, -0.2) is 63.9 Å². The van der Waals surface area contributed by atoms with Crippen molar-refractivity contribution in [2.75, 3.05) is 50.0 Å². The zero-order chi connectivity index (χ0) is 25.2. The van der Waals surface area contributed by atoms with Crippen LogP contribution in [0.4, 0.5) is 11.5 Å². The van der Waals surface area contributed by atoms with Gasteiger partial charge in [0.25, 0.3) is 0 Å². The van der Waals surface area contributed by atoms with Gasteiger partial charge in [-0.3, -0.25) is 4.90 Å². The van der Waals surface area contributed by atoms with Crippen LogP contribution in [-0.2, 0) is 0 Å². The van der Waals surface area contributed by atoms with Crippen molar-refractivity contribution in [3.05, 3.63) is 91.0 Å². The summed E-state index contributed by atoms with van der Waals surface area (Å²) in [4.78, 5) is 9.86. The van der Waals surface area contributed by atoms with Crippen LogP contribution in [0.15, 0.2) is 91.0 Å². The molecule has 7 heteroatoms. The molecule has 1 aliphatic rings. The Labute approximate surface area is 216 Å².